The van der Waals surface area contributed by atoms with Gasteiger partial charge in [0.05, 0.1) is 5.76 Å². The van der Waals surface area contributed by atoms with Gasteiger partial charge in [-0.3, -0.25) is 0 Å². The molecule has 0 aromatic rings. The summed E-state index contributed by atoms with van der Waals surface area (Å²) in [5, 5.41) is 13.8. The second kappa shape index (κ2) is 18.5. The van der Waals surface area contributed by atoms with Crippen LogP contribution in [-0.4, -0.2) is 35.3 Å². The van der Waals surface area contributed by atoms with E-state index in [1.165, 1.54) is 88.3 Å². The molecular formula is C27H52N2O. The molecule has 0 aliphatic heterocycles. The highest BCUT2D eigenvalue weighted by molar-refractivity contribution is 4.95. The molecule has 0 heterocycles. The van der Waals surface area contributed by atoms with Crippen molar-refractivity contribution in [3.05, 3.63) is 36.8 Å². The van der Waals surface area contributed by atoms with Crippen molar-refractivity contribution < 1.29 is 5.11 Å². The summed E-state index contributed by atoms with van der Waals surface area (Å²) < 4.78 is 0. The molecule has 176 valence electrons. The quantitative estimate of drug-likeness (QED) is 0.0871. The van der Waals surface area contributed by atoms with Crippen LogP contribution in [0.15, 0.2) is 36.8 Å². The molecule has 0 aliphatic rings. The Hall–Kier alpha value is -1.22. The van der Waals surface area contributed by atoms with Gasteiger partial charge >= 0.3 is 0 Å². The summed E-state index contributed by atoms with van der Waals surface area (Å²) in [6.07, 6.45) is 19.3. The van der Waals surface area contributed by atoms with Gasteiger partial charge in [-0.2, -0.15) is 0 Å². The second-order valence-corrected chi connectivity index (χ2v) is 9.27. The fourth-order valence-corrected chi connectivity index (χ4v) is 4.18. The van der Waals surface area contributed by atoms with Crippen LogP contribution in [0.5, 0.6) is 0 Å². The van der Waals surface area contributed by atoms with E-state index in [4.69, 9.17) is 5.11 Å². The zero-order valence-electron chi connectivity index (χ0n) is 20.9. The van der Waals surface area contributed by atoms with Crippen molar-refractivity contribution in [3.8, 4) is 0 Å². The molecule has 0 fully saturated rings. The second-order valence-electron chi connectivity index (χ2n) is 9.27. The molecule has 0 amide bonds. The molecule has 0 rings (SSSR count). The molecule has 3 heteroatoms. The van der Waals surface area contributed by atoms with E-state index in [-0.39, 0.29) is 0 Å². The lowest BCUT2D eigenvalue weighted by molar-refractivity contribution is 0.00952. The number of allylic oxidation sites excluding steroid dienone is 3. The maximum atomic E-state index is 9.13. The lowest BCUT2D eigenvalue weighted by Crippen LogP contribution is -2.43. The Bertz CT molecular complexity index is 469. The maximum absolute atomic E-state index is 9.13. The van der Waals surface area contributed by atoms with Gasteiger partial charge in [0.15, 0.2) is 0 Å². The first kappa shape index (κ1) is 28.8. The maximum Gasteiger partial charge on any atom is 0.0851 e. The molecule has 0 aliphatic carbocycles. The Kier molecular flexibility index (Phi) is 17.8. The standard InChI is InChI=1S/C27H52N2O/c1-8-27(23-19-15-10-9-14-18-22-26(5)30)29(28(6)7)25(4)21-17-13-11-12-16-20-24(2)3/h27,30H,2,4-5,8-23H2,1,3,6-7H3. The van der Waals surface area contributed by atoms with Crippen LogP contribution in [0.4, 0.5) is 0 Å². The van der Waals surface area contributed by atoms with E-state index >= 15 is 0 Å². The monoisotopic (exact) mass is 420 g/mol. The molecule has 0 saturated carbocycles. The summed E-state index contributed by atoms with van der Waals surface area (Å²) in [6, 6.07) is 0.556. The van der Waals surface area contributed by atoms with Gasteiger partial charge in [0.1, 0.15) is 0 Å². The lowest BCUT2D eigenvalue weighted by Gasteiger charge is -2.39. The number of aliphatic hydroxyl groups excluding tert-OH is 1. The van der Waals surface area contributed by atoms with Crippen LogP contribution in [0.3, 0.4) is 0 Å². The first-order chi connectivity index (χ1) is 14.3. The van der Waals surface area contributed by atoms with Crippen molar-refractivity contribution in [1.29, 1.82) is 0 Å². The number of nitrogens with zero attached hydrogens (tertiary/aromatic N) is 2. The average molecular weight is 421 g/mol. The number of hydrazine groups is 1. The van der Waals surface area contributed by atoms with Crippen LogP contribution in [0, 0.1) is 0 Å². The van der Waals surface area contributed by atoms with Crippen molar-refractivity contribution in [2.75, 3.05) is 14.1 Å². The van der Waals surface area contributed by atoms with Crippen LogP contribution in [0.1, 0.15) is 117 Å². The van der Waals surface area contributed by atoms with Gasteiger partial charge in [-0.05, 0) is 51.9 Å². The van der Waals surface area contributed by atoms with Crippen LogP contribution >= 0.6 is 0 Å². The minimum atomic E-state index is 0.326. The molecule has 0 spiro atoms. The van der Waals surface area contributed by atoms with Crippen LogP contribution in [0.25, 0.3) is 0 Å². The Morgan fingerprint density at radius 3 is 1.67 bits per heavy atom. The summed E-state index contributed by atoms with van der Waals surface area (Å²) in [6.45, 7) is 16.4. The Labute approximate surface area is 188 Å². The normalized spacial score (nSPS) is 12.2. The molecule has 0 aromatic carbocycles. The van der Waals surface area contributed by atoms with E-state index in [0.717, 1.165) is 25.7 Å². The molecule has 30 heavy (non-hydrogen) atoms. The summed E-state index contributed by atoms with van der Waals surface area (Å²) >= 11 is 0. The van der Waals surface area contributed by atoms with E-state index in [1.807, 2.05) is 0 Å². The van der Waals surface area contributed by atoms with Crippen molar-refractivity contribution in [2.24, 2.45) is 0 Å². The largest absolute Gasteiger partial charge is 0.513 e. The van der Waals surface area contributed by atoms with Crippen molar-refractivity contribution in [3.63, 3.8) is 0 Å². The first-order valence-corrected chi connectivity index (χ1v) is 12.4. The van der Waals surface area contributed by atoms with E-state index < -0.39 is 0 Å². The third-order valence-electron chi connectivity index (χ3n) is 5.89. The number of rotatable bonds is 21. The Balaban J connectivity index is 4.12. The minimum absolute atomic E-state index is 0.326. The number of hydrogen-bond acceptors (Lipinski definition) is 3. The van der Waals surface area contributed by atoms with Gasteiger partial charge < -0.3 is 10.1 Å². The SMILES string of the molecule is C=C(C)CCCCCCCC(=C)N(C(CC)CCCCCCCCC(=C)O)N(C)C. The third kappa shape index (κ3) is 15.6. The van der Waals surface area contributed by atoms with Gasteiger partial charge in [0.2, 0.25) is 0 Å². The van der Waals surface area contributed by atoms with Gasteiger partial charge in [0, 0.05) is 32.3 Å². The first-order valence-electron chi connectivity index (χ1n) is 12.4. The van der Waals surface area contributed by atoms with Crippen molar-refractivity contribution in [1.82, 2.24) is 10.0 Å². The predicted octanol–water partition coefficient (Wildman–Crippen LogP) is 8.56. The van der Waals surface area contributed by atoms with Crippen LogP contribution < -0.4 is 0 Å². The highest BCUT2D eigenvalue weighted by Gasteiger charge is 2.19. The minimum Gasteiger partial charge on any atom is -0.513 e. The Morgan fingerprint density at radius 2 is 1.20 bits per heavy atom. The number of aliphatic hydroxyl groups is 1. The summed E-state index contributed by atoms with van der Waals surface area (Å²) in [7, 11) is 4.31. The highest BCUT2D eigenvalue weighted by atomic mass is 16.3. The van der Waals surface area contributed by atoms with E-state index in [2.05, 4.69) is 57.7 Å². The molecule has 1 unspecified atom stereocenters. The molecule has 1 atom stereocenters. The van der Waals surface area contributed by atoms with Crippen LogP contribution in [0.2, 0.25) is 0 Å². The van der Waals surface area contributed by atoms with Crippen molar-refractivity contribution in [2.45, 2.75) is 123 Å². The van der Waals surface area contributed by atoms with Crippen LogP contribution in [-0.2, 0) is 0 Å². The average Bonchev–Trinajstić information content (AvgIpc) is 2.67. The lowest BCUT2D eigenvalue weighted by atomic mass is 10.0. The molecule has 0 aromatic heterocycles. The fourth-order valence-electron chi connectivity index (χ4n) is 4.18. The molecule has 0 radical (unpaired) electrons. The number of hydrogen-bond donors (Lipinski definition) is 1. The summed E-state index contributed by atoms with van der Waals surface area (Å²) in [4.78, 5) is 0. The summed E-state index contributed by atoms with van der Waals surface area (Å²) in [5.74, 6) is 0.326. The third-order valence-corrected chi connectivity index (χ3v) is 5.89. The zero-order valence-corrected chi connectivity index (χ0v) is 20.9. The highest BCUT2D eigenvalue weighted by Crippen LogP contribution is 2.23. The molecule has 0 bridgehead atoms. The zero-order chi connectivity index (χ0) is 22.8. The molecule has 0 saturated heterocycles. The van der Waals surface area contributed by atoms with Crippen molar-refractivity contribution >= 4 is 0 Å². The smallest absolute Gasteiger partial charge is 0.0851 e. The molecule has 3 nitrogen and oxygen atoms in total. The fraction of sp³-hybridized carbons (Fsp3) is 0.778. The van der Waals surface area contributed by atoms with E-state index in [9.17, 15) is 0 Å². The number of unbranched alkanes of at least 4 members (excludes halogenated alkanes) is 9. The van der Waals surface area contributed by atoms with E-state index in [0.29, 0.717) is 11.8 Å². The van der Waals surface area contributed by atoms with Gasteiger partial charge in [-0.1, -0.05) is 77.0 Å². The molecular weight excluding hydrogens is 368 g/mol. The summed E-state index contributed by atoms with van der Waals surface area (Å²) in [5.41, 5.74) is 2.58. The van der Waals surface area contributed by atoms with Gasteiger partial charge in [-0.15, -0.1) is 6.58 Å². The topological polar surface area (TPSA) is 26.7 Å². The van der Waals surface area contributed by atoms with Gasteiger partial charge in [-0.25, -0.2) is 5.01 Å². The molecule has 1 N–H and O–H groups in total. The van der Waals surface area contributed by atoms with E-state index in [1.54, 1.807) is 0 Å². The Morgan fingerprint density at radius 1 is 0.733 bits per heavy atom. The predicted molar refractivity (Wildman–Crippen MR) is 135 cm³/mol. The van der Waals surface area contributed by atoms with Gasteiger partial charge in [0.25, 0.3) is 0 Å².